The van der Waals surface area contributed by atoms with Gasteiger partial charge in [0, 0.05) is 29.7 Å². The van der Waals surface area contributed by atoms with E-state index < -0.39 is 0 Å². The van der Waals surface area contributed by atoms with Crippen molar-refractivity contribution in [1.82, 2.24) is 4.90 Å². The second-order valence-corrected chi connectivity index (χ2v) is 7.35. The molecule has 2 amide bonds. The smallest absolute Gasteiger partial charge is 0.263 e. The van der Waals surface area contributed by atoms with Crippen LogP contribution in [-0.4, -0.2) is 23.3 Å². The van der Waals surface area contributed by atoms with E-state index in [1.807, 2.05) is 30.3 Å². The molecular weight excluding hydrogens is 348 g/mol. The molecule has 1 N–H and O–H groups in total. The third-order valence-electron chi connectivity index (χ3n) is 5.32. The minimum absolute atomic E-state index is 0.188. The number of nitrogens with zero attached hydrogens (tertiary/aromatic N) is 1. The number of benzene rings is 3. The van der Waals surface area contributed by atoms with Gasteiger partial charge in [-0.15, -0.1) is 0 Å². The molecule has 0 aliphatic carbocycles. The van der Waals surface area contributed by atoms with Crippen molar-refractivity contribution >= 4 is 28.3 Å². The standard InChI is InChI=1S/C24H24N2O2/c1-3-4-14-26-23(27)19-7-5-6-18-12-13-20(22(21(18)19)24(26)28)25-15-17-10-8-16(2)9-11-17/h5-13,25H,3-4,14-15H2,1-2H3. The van der Waals surface area contributed by atoms with E-state index in [-0.39, 0.29) is 11.8 Å². The van der Waals surface area contributed by atoms with Gasteiger partial charge in [-0.05, 0) is 36.4 Å². The summed E-state index contributed by atoms with van der Waals surface area (Å²) >= 11 is 0. The molecule has 0 spiro atoms. The summed E-state index contributed by atoms with van der Waals surface area (Å²) in [7, 11) is 0. The van der Waals surface area contributed by atoms with Gasteiger partial charge in [-0.1, -0.05) is 61.4 Å². The highest BCUT2D eigenvalue weighted by Gasteiger charge is 2.34. The lowest BCUT2D eigenvalue weighted by molar-refractivity contribution is 0.0609. The van der Waals surface area contributed by atoms with Gasteiger partial charge in [-0.3, -0.25) is 14.5 Å². The number of hydrogen-bond acceptors (Lipinski definition) is 3. The Morgan fingerprint density at radius 2 is 1.71 bits per heavy atom. The highest BCUT2D eigenvalue weighted by molar-refractivity contribution is 6.27. The lowest BCUT2D eigenvalue weighted by atomic mass is 9.92. The summed E-state index contributed by atoms with van der Waals surface area (Å²) in [6.45, 7) is 5.20. The van der Waals surface area contributed by atoms with Crippen LogP contribution >= 0.6 is 0 Å². The number of carbonyl (C=O) groups is 2. The molecule has 0 radical (unpaired) electrons. The highest BCUT2D eigenvalue weighted by atomic mass is 16.2. The highest BCUT2D eigenvalue weighted by Crippen LogP contribution is 2.35. The van der Waals surface area contributed by atoms with Crippen LogP contribution < -0.4 is 5.32 Å². The third-order valence-corrected chi connectivity index (χ3v) is 5.32. The molecule has 0 fully saturated rings. The van der Waals surface area contributed by atoms with Crippen molar-refractivity contribution in [3.05, 3.63) is 76.9 Å². The third kappa shape index (κ3) is 3.15. The van der Waals surface area contributed by atoms with E-state index in [1.54, 1.807) is 0 Å². The Hall–Kier alpha value is -3.14. The molecule has 1 aliphatic heterocycles. The van der Waals surface area contributed by atoms with Crippen molar-refractivity contribution in [2.75, 3.05) is 11.9 Å². The number of hydrogen-bond donors (Lipinski definition) is 1. The molecule has 4 rings (SSSR count). The van der Waals surface area contributed by atoms with Gasteiger partial charge in [0.15, 0.2) is 0 Å². The summed E-state index contributed by atoms with van der Waals surface area (Å²) in [5.41, 5.74) is 4.36. The molecule has 3 aromatic rings. The summed E-state index contributed by atoms with van der Waals surface area (Å²) < 4.78 is 0. The first-order chi connectivity index (χ1) is 13.6. The maximum absolute atomic E-state index is 13.3. The SMILES string of the molecule is CCCCN1C(=O)c2cccc3ccc(NCc4ccc(C)cc4)c(c23)C1=O. The topological polar surface area (TPSA) is 49.4 Å². The molecule has 0 aromatic heterocycles. The maximum atomic E-state index is 13.3. The number of amides is 2. The predicted molar refractivity (Wildman–Crippen MR) is 113 cm³/mol. The first-order valence-corrected chi connectivity index (χ1v) is 9.81. The summed E-state index contributed by atoms with van der Waals surface area (Å²) in [4.78, 5) is 27.6. The maximum Gasteiger partial charge on any atom is 0.263 e. The minimum Gasteiger partial charge on any atom is -0.380 e. The molecule has 4 heteroatoms. The van der Waals surface area contributed by atoms with E-state index in [2.05, 4.69) is 43.4 Å². The van der Waals surface area contributed by atoms with Crippen LogP contribution in [0.5, 0.6) is 0 Å². The average molecular weight is 372 g/mol. The van der Waals surface area contributed by atoms with E-state index >= 15 is 0 Å². The van der Waals surface area contributed by atoms with Gasteiger partial charge < -0.3 is 5.32 Å². The number of anilines is 1. The largest absolute Gasteiger partial charge is 0.380 e. The first-order valence-electron chi connectivity index (χ1n) is 9.81. The van der Waals surface area contributed by atoms with E-state index in [4.69, 9.17) is 0 Å². The molecule has 0 atom stereocenters. The van der Waals surface area contributed by atoms with Gasteiger partial charge in [0.1, 0.15) is 0 Å². The van der Waals surface area contributed by atoms with Crippen molar-refractivity contribution in [1.29, 1.82) is 0 Å². The molecule has 1 heterocycles. The second-order valence-electron chi connectivity index (χ2n) is 7.35. The minimum atomic E-state index is -0.200. The fourth-order valence-electron chi connectivity index (χ4n) is 3.72. The fourth-order valence-corrected chi connectivity index (χ4v) is 3.72. The quantitative estimate of drug-likeness (QED) is 0.608. The van der Waals surface area contributed by atoms with Gasteiger partial charge in [0.2, 0.25) is 0 Å². The van der Waals surface area contributed by atoms with Crippen LogP contribution in [0.15, 0.2) is 54.6 Å². The van der Waals surface area contributed by atoms with Crippen LogP contribution in [0.2, 0.25) is 0 Å². The number of nitrogens with one attached hydrogen (secondary N) is 1. The van der Waals surface area contributed by atoms with Crippen molar-refractivity contribution < 1.29 is 9.59 Å². The van der Waals surface area contributed by atoms with Crippen molar-refractivity contribution in [3.8, 4) is 0 Å². The predicted octanol–water partition coefficient (Wildman–Crippen LogP) is 5.16. The summed E-state index contributed by atoms with van der Waals surface area (Å²) in [5, 5.41) is 5.10. The van der Waals surface area contributed by atoms with Crippen LogP contribution in [0.1, 0.15) is 51.6 Å². The molecule has 28 heavy (non-hydrogen) atoms. The Balaban J connectivity index is 1.76. The summed E-state index contributed by atoms with van der Waals surface area (Å²) in [5.74, 6) is -0.388. The molecule has 142 valence electrons. The fraction of sp³-hybridized carbons (Fsp3) is 0.250. The molecule has 1 aliphatic rings. The Morgan fingerprint density at radius 3 is 2.46 bits per heavy atom. The van der Waals surface area contributed by atoms with Gasteiger partial charge in [-0.25, -0.2) is 0 Å². The Kier molecular flexibility index (Phi) is 4.86. The molecule has 0 unspecified atom stereocenters. The van der Waals surface area contributed by atoms with Gasteiger partial charge >= 0.3 is 0 Å². The lowest BCUT2D eigenvalue weighted by Gasteiger charge is -2.28. The molecular formula is C24H24N2O2. The molecule has 0 bridgehead atoms. The van der Waals surface area contributed by atoms with Crippen LogP contribution in [0, 0.1) is 6.92 Å². The Bertz CT molecular complexity index is 1050. The number of rotatable bonds is 6. The number of imide groups is 1. The molecule has 0 saturated carbocycles. The first kappa shape index (κ1) is 18.2. The van der Waals surface area contributed by atoms with Crippen LogP contribution in [-0.2, 0) is 6.54 Å². The van der Waals surface area contributed by atoms with E-state index in [0.717, 1.165) is 34.9 Å². The molecule has 4 nitrogen and oxygen atoms in total. The number of aryl methyl sites for hydroxylation is 1. The molecule has 0 saturated heterocycles. The second kappa shape index (κ2) is 7.47. The molecule has 3 aromatic carbocycles. The normalized spacial score (nSPS) is 13.3. The van der Waals surface area contributed by atoms with Gasteiger partial charge in [-0.2, -0.15) is 0 Å². The van der Waals surface area contributed by atoms with E-state index in [0.29, 0.717) is 24.2 Å². The average Bonchev–Trinajstić information content (AvgIpc) is 2.71. The summed E-state index contributed by atoms with van der Waals surface area (Å²) in [6, 6.07) is 17.9. The van der Waals surface area contributed by atoms with E-state index in [1.165, 1.54) is 10.5 Å². The van der Waals surface area contributed by atoms with Gasteiger partial charge in [0.25, 0.3) is 11.8 Å². The monoisotopic (exact) mass is 372 g/mol. The van der Waals surface area contributed by atoms with Crippen LogP contribution in [0.3, 0.4) is 0 Å². The zero-order chi connectivity index (χ0) is 19.7. The van der Waals surface area contributed by atoms with Gasteiger partial charge in [0.05, 0.1) is 5.56 Å². The van der Waals surface area contributed by atoms with Crippen LogP contribution in [0.4, 0.5) is 5.69 Å². The zero-order valence-electron chi connectivity index (χ0n) is 16.3. The van der Waals surface area contributed by atoms with Crippen molar-refractivity contribution in [3.63, 3.8) is 0 Å². The van der Waals surface area contributed by atoms with E-state index in [9.17, 15) is 9.59 Å². The lowest BCUT2D eigenvalue weighted by Crippen LogP contribution is -2.41. The number of unbranched alkanes of at least 4 members (excludes halogenated alkanes) is 1. The van der Waals surface area contributed by atoms with Crippen LogP contribution in [0.25, 0.3) is 10.8 Å². The summed E-state index contributed by atoms with van der Waals surface area (Å²) in [6.07, 6.45) is 1.74. The van der Waals surface area contributed by atoms with Crippen molar-refractivity contribution in [2.45, 2.75) is 33.2 Å². The van der Waals surface area contributed by atoms with Crippen molar-refractivity contribution in [2.24, 2.45) is 0 Å². The Labute approximate surface area is 165 Å². The Morgan fingerprint density at radius 1 is 0.929 bits per heavy atom. The zero-order valence-corrected chi connectivity index (χ0v) is 16.3. The number of carbonyl (C=O) groups excluding carboxylic acids is 2.